The number of carbonyl (C=O) groups excluding carboxylic acids is 1. The highest BCUT2D eigenvalue weighted by Gasteiger charge is 2.14. The van der Waals surface area contributed by atoms with Crippen molar-refractivity contribution < 1.29 is 4.79 Å². The number of hydrogen-bond acceptors (Lipinski definition) is 3. The van der Waals surface area contributed by atoms with E-state index in [1.54, 1.807) is 24.3 Å². The number of nitriles is 1. The Bertz CT molecular complexity index is 447. The Morgan fingerprint density at radius 3 is 2.74 bits per heavy atom. The molecule has 4 nitrogen and oxygen atoms in total. The third kappa shape index (κ3) is 4.55. The lowest BCUT2D eigenvalue weighted by Crippen LogP contribution is -2.38. The van der Waals surface area contributed by atoms with Gasteiger partial charge in [0.05, 0.1) is 11.6 Å². The fourth-order valence-electron chi connectivity index (χ4n) is 2.13. The van der Waals surface area contributed by atoms with Gasteiger partial charge >= 0.3 is 0 Å². The smallest absolute Gasteiger partial charge is 0.251 e. The van der Waals surface area contributed by atoms with E-state index in [0.29, 0.717) is 23.6 Å². The Kier molecular flexibility index (Phi) is 6.34. The maximum absolute atomic E-state index is 11.9. The largest absolute Gasteiger partial charge is 0.352 e. The summed E-state index contributed by atoms with van der Waals surface area (Å²) in [5, 5.41) is 15.0. The number of nitrogens with one attached hydrogen (secondary N) is 2. The lowest BCUT2D eigenvalue weighted by molar-refractivity contribution is 0.0945. The van der Waals surface area contributed by atoms with Crippen LogP contribution in [0.15, 0.2) is 24.3 Å². The molecule has 1 unspecified atom stereocenters. The summed E-state index contributed by atoms with van der Waals surface area (Å²) in [7, 11) is 0. The first-order valence-corrected chi connectivity index (χ1v) is 6.28. The average molecular weight is 280 g/mol. The van der Waals surface area contributed by atoms with Gasteiger partial charge in [0.15, 0.2) is 0 Å². The van der Waals surface area contributed by atoms with Crippen molar-refractivity contribution in [2.75, 3.05) is 19.6 Å². The van der Waals surface area contributed by atoms with Crippen LogP contribution in [-0.4, -0.2) is 25.5 Å². The van der Waals surface area contributed by atoms with E-state index >= 15 is 0 Å². The maximum atomic E-state index is 11.9. The molecular weight excluding hydrogens is 262 g/mol. The molecule has 1 fully saturated rings. The van der Waals surface area contributed by atoms with Gasteiger partial charge in [-0.1, -0.05) is 0 Å². The molecule has 1 amide bonds. The third-order valence-corrected chi connectivity index (χ3v) is 3.23. The number of amides is 1. The Morgan fingerprint density at radius 1 is 1.42 bits per heavy atom. The Balaban J connectivity index is 0.00000180. The minimum absolute atomic E-state index is 0. The van der Waals surface area contributed by atoms with E-state index in [4.69, 9.17) is 5.26 Å². The number of halogens is 1. The van der Waals surface area contributed by atoms with Crippen LogP contribution in [0.25, 0.3) is 0 Å². The number of piperidine rings is 1. The summed E-state index contributed by atoms with van der Waals surface area (Å²) in [6.45, 7) is 2.78. The fourth-order valence-corrected chi connectivity index (χ4v) is 2.13. The van der Waals surface area contributed by atoms with Gasteiger partial charge in [-0.25, -0.2) is 0 Å². The second-order valence-corrected chi connectivity index (χ2v) is 4.61. The number of benzene rings is 1. The normalized spacial score (nSPS) is 17.9. The van der Waals surface area contributed by atoms with Gasteiger partial charge < -0.3 is 10.6 Å². The summed E-state index contributed by atoms with van der Waals surface area (Å²) in [4.78, 5) is 11.9. The number of hydrogen-bond donors (Lipinski definition) is 2. The van der Waals surface area contributed by atoms with E-state index in [2.05, 4.69) is 10.6 Å². The van der Waals surface area contributed by atoms with Crippen molar-refractivity contribution >= 4 is 18.3 Å². The Morgan fingerprint density at radius 2 is 2.16 bits per heavy atom. The molecular formula is C14H18ClN3O. The predicted octanol–water partition coefficient (Wildman–Crippen LogP) is 1.71. The summed E-state index contributed by atoms with van der Waals surface area (Å²) in [6, 6.07) is 8.74. The first-order valence-electron chi connectivity index (χ1n) is 6.28. The molecule has 1 aliphatic rings. The van der Waals surface area contributed by atoms with Crippen LogP contribution in [0.4, 0.5) is 0 Å². The monoisotopic (exact) mass is 279 g/mol. The molecule has 1 aromatic carbocycles. The van der Waals surface area contributed by atoms with Gasteiger partial charge in [0.2, 0.25) is 0 Å². The van der Waals surface area contributed by atoms with Gasteiger partial charge in [0, 0.05) is 12.1 Å². The molecule has 1 heterocycles. The molecule has 0 radical (unpaired) electrons. The summed E-state index contributed by atoms with van der Waals surface area (Å²) in [5.74, 6) is 0.464. The van der Waals surface area contributed by atoms with Crippen LogP contribution in [0.5, 0.6) is 0 Å². The summed E-state index contributed by atoms with van der Waals surface area (Å²) < 4.78 is 0. The third-order valence-electron chi connectivity index (χ3n) is 3.23. The van der Waals surface area contributed by atoms with Crippen molar-refractivity contribution in [2.45, 2.75) is 12.8 Å². The SMILES string of the molecule is Cl.N#Cc1ccc(C(=O)NCC2CCCNC2)cc1. The second-order valence-electron chi connectivity index (χ2n) is 4.61. The zero-order valence-electron chi connectivity index (χ0n) is 10.7. The second kappa shape index (κ2) is 7.78. The molecule has 0 aliphatic carbocycles. The van der Waals surface area contributed by atoms with Gasteiger partial charge in [-0.3, -0.25) is 4.79 Å². The summed E-state index contributed by atoms with van der Waals surface area (Å²) >= 11 is 0. The maximum Gasteiger partial charge on any atom is 0.251 e. The van der Waals surface area contributed by atoms with Crippen molar-refractivity contribution in [2.24, 2.45) is 5.92 Å². The van der Waals surface area contributed by atoms with Gasteiger partial charge in [-0.15, -0.1) is 12.4 Å². The highest BCUT2D eigenvalue weighted by Crippen LogP contribution is 2.09. The summed E-state index contributed by atoms with van der Waals surface area (Å²) in [5.41, 5.74) is 1.18. The van der Waals surface area contributed by atoms with E-state index in [1.807, 2.05) is 6.07 Å². The molecule has 0 saturated carbocycles. The Hall–Kier alpha value is -1.57. The van der Waals surface area contributed by atoms with Crippen LogP contribution in [0.2, 0.25) is 0 Å². The molecule has 2 N–H and O–H groups in total. The highest BCUT2D eigenvalue weighted by atomic mass is 35.5. The quantitative estimate of drug-likeness (QED) is 0.885. The Labute approximate surface area is 119 Å². The van der Waals surface area contributed by atoms with Crippen LogP contribution in [-0.2, 0) is 0 Å². The average Bonchev–Trinajstić information content (AvgIpc) is 2.46. The molecule has 1 saturated heterocycles. The number of nitrogens with zero attached hydrogens (tertiary/aromatic N) is 1. The van der Waals surface area contributed by atoms with Crippen molar-refractivity contribution in [1.82, 2.24) is 10.6 Å². The summed E-state index contributed by atoms with van der Waals surface area (Å²) in [6.07, 6.45) is 2.35. The zero-order valence-corrected chi connectivity index (χ0v) is 11.5. The minimum Gasteiger partial charge on any atom is -0.352 e. The minimum atomic E-state index is -0.0648. The molecule has 2 rings (SSSR count). The number of carbonyl (C=O) groups is 1. The molecule has 0 aromatic heterocycles. The van der Waals surface area contributed by atoms with Crippen molar-refractivity contribution in [3.05, 3.63) is 35.4 Å². The van der Waals surface area contributed by atoms with E-state index in [0.717, 1.165) is 13.1 Å². The predicted molar refractivity (Wildman–Crippen MR) is 76.3 cm³/mol. The molecule has 102 valence electrons. The van der Waals surface area contributed by atoms with E-state index in [-0.39, 0.29) is 18.3 Å². The van der Waals surface area contributed by atoms with Gasteiger partial charge in [-0.2, -0.15) is 5.26 Å². The van der Waals surface area contributed by atoms with E-state index in [1.165, 1.54) is 12.8 Å². The fraction of sp³-hybridized carbons (Fsp3) is 0.429. The highest BCUT2D eigenvalue weighted by molar-refractivity contribution is 5.94. The lowest BCUT2D eigenvalue weighted by atomic mass is 9.99. The topological polar surface area (TPSA) is 64.9 Å². The molecule has 0 spiro atoms. The van der Waals surface area contributed by atoms with E-state index in [9.17, 15) is 4.79 Å². The molecule has 5 heteroatoms. The van der Waals surface area contributed by atoms with Crippen LogP contribution >= 0.6 is 12.4 Å². The van der Waals surface area contributed by atoms with E-state index < -0.39 is 0 Å². The number of rotatable bonds is 3. The van der Waals surface area contributed by atoms with Crippen LogP contribution in [0.3, 0.4) is 0 Å². The molecule has 0 bridgehead atoms. The van der Waals surface area contributed by atoms with Gasteiger partial charge in [0.25, 0.3) is 5.91 Å². The molecule has 1 aromatic rings. The van der Waals surface area contributed by atoms with Gasteiger partial charge in [0.1, 0.15) is 0 Å². The zero-order chi connectivity index (χ0) is 12.8. The first kappa shape index (κ1) is 15.5. The molecule has 19 heavy (non-hydrogen) atoms. The van der Waals surface area contributed by atoms with Crippen LogP contribution < -0.4 is 10.6 Å². The molecule has 1 aliphatic heterocycles. The van der Waals surface area contributed by atoms with Crippen molar-refractivity contribution in [3.63, 3.8) is 0 Å². The van der Waals surface area contributed by atoms with Crippen LogP contribution in [0.1, 0.15) is 28.8 Å². The first-order chi connectivity index (χ1) is 8.79. The van der Waals surface area contributed by atoms with Crippen molar-refractivity contribution in [3.8, 4) is 6.07 Å². The standard InChI is InChI=1S/C14H17N3O.ClH/c15-8-11-3-5-13(6-4-11)14(18)17-10-12-2-1-7-16-9-12;/h3-6,12,16H,1-2,7,9-10H2,(H,17,18);1H. The molecule has 1 atom stereocenters. The van der Waals surface area contributed by atoms with Crippen LogP contribution in [0, 0.1) is 17.2 Å². The van der Waals surface area contributed by atoms with Gasteiger partial charge in [-0.05, 0) is 56.1 Å². The van der Waals surface area contributed by atoms with Crippen molar-refractivity contribution in [1.29, 1.82) is 5.26 Å². The lowest BCUT2D eigenvalue weighted by Gasteiger charge is -2.22.